The molecule has 0 aliphatic carbocycles. The van der Waals surface area contributed by atoms with Gasteiger partial charge in [-0.3, -0.25) is 0 Å². The molecule has 20 heavy (non-hydrogen) atoms. The van der Waals surface area contributed by atoms with Crippen LogP contribution in [0.25, 0.3) is 0 Å². The first kappa shape index (κ1) is 11.5. The molecule has 0 spiro atoms. The van der Waals surface area contributed by atoms with E-state index in [-0.39, 0.29) is 6.10 Å². The first-order valence-electron chi connectivity index (χ1n) is 6.65. The van der Waals surface area contributed by atoms with Crippen molar-refractivity contribution in [3.8, 4) is 23.0 Å². The third-order valence-corrected chi connectivity index (χ3v) is 3.47. The number of para-hydroxylation sites is 2. The van der Waals surface area contributed by atoms with E-state index in [9.17, 15) is 0 Å². The highest BCUT2D eigenvalue weighted by Gasteiger charge is 2.22. The maximum atomic E-state index is 5.96. The van der Waals surface area contributed by atoms with Crippen molar-refractivity contribution in [2.75, 3.05) is 13.4 Å². The monoisotopic (exact) mass is 270 g/mol. The predicted molar refractivity (Wildman–Crippen MR) is 72.6 cm³/mol. The predicted octanol–water partition coefficient (Wildman–Crippen LogP) is 2.80. The molecule has 0 saturated carbocycles. The highest BCUT2D eigenvalue weighted by Crippen LogP contribution is 2.34. The Kier molecular flexibility index (Phi) is 2.66. The van der Waals surface area contributed by atoms with Crippen molar-refractivity contribution in [2.24, 2.45) is 0 Å². The van der Waals surface area contributed by atoms with Crippen LogP contribution in [0.15, 0.2) is 42.5 Å². The molecule has 4 heteroatoms. The molecule has 0 aromatic heterocycles. The number of hydrogen-bond acceptors (Lipinski definition) is 4. The average molecular weight is 270 g/mol. The smallest absolute Gasteiger partial charge is 0.231 e. The molecule has 102 valence electrons. The van der Waals surface area contributed by atoms with E-state index in [4.69, 9.17) is 18.9 Å². The van der Waals surface area contributed by atoms with E-state index in [1.54, 1.807) is 0 Å². The lowest BCUT2D eigenvalue weighted by Crippen LogP contribution is -2.31. The molecule has 2 aromatic rings. The molecule has 2 aromatic carbocycles. The standard InChI is InChI=1S/C16H14O4/c1-2-4-15-13(3-1)17-9-12(20-15)7-11-5-6-14-16(8-11)19-10-18-14/h1-6,8,12H,7,9-10H2/t12-/m0/s1. The van der Waals surface area contributed by atoms with Crippen LogP contribution in [0.2, 0.25) is 0 Å². The van der Waals surface area contributed by atoms with Gasteiger partial charge >= 0.3 is 0 Å². The second-order valence-corrected chi connectivity index (χ2v) is 4.89. The zero-order valence-electron chi connectivity index (χ0n) is 10.9. The van der Waals surface area contributed by atoms with E-state index < -0.39 is 0 Å². The molecule has 4 rings (SSSR count). The molecular weight excluding hydrogens is 256 g/mol. The minimum absolute atomic E-state index is 0.0188. The van der Waals surface area contributed by atoms with Crippen LogP contribution >= 0.6 is 0 Å². The summed E-state index contributed by atoms with van der Waals surface area (Å²) in [6, 6.07) is 13.7. The third kappa shape index (κ3) is 2.03. The number of ether oxygens (including phenoxy) is 4. The van der Waals surface area contributed by atoms with E-state index in [1.807, 2.05) is 42.5 Å². The van der Waals surface area contributed by atoms with Gasteiger partial charge in [0.1, 0.15) is 12.7 Å². The summed E-state index contributed by atoms with van der Waals surface area (Å²) in [6.45, 7) is 0.862. The molecule has 0 amide bonds. The molecule has 0 radical (unpaired) electrons. The number of fused-ring (bicyclic) bond motifs is 2. The van der Waals surface area contributed by atoms with Crippen LogP contribution in [0.3, 0.4) is 0 Å². The van der Waals surface area contributed by atoms with Crippen LogP contribution < -0.4 is 18.9 Å². The van der Waals surface area contributed by atoms with Crippen molar-refractivity contribution in [3.63, 3.8) is 0 Å². The summed E-state index contributed by atoms with van der Waals surface area (Å²) in [5, 5.41) is 0. The molecule has 2 heterocycles. The minimum Gasteiger partial charge on any atom is -0.486 e. The molecule has 0 fully saturated rings. The quantitative estimate of drug-likeness (QED) is 0.841. The van der Waals surface area contributed by atoms with Gasteiger partial charge in [-0.2, -0.15) is 0 Å². The van der Waals surface area contributed by atoms with Crippen molar-refractivity contribution in [3.05, 3.63) is 48.0 Å². The fourth-order valence-corrected chi connectivity index (χ4v) is 2.49. The van der Waals surface area contributed by atoms with Gasteiger partial charge in [-0.25, -0.2) is 0 Å². The number of hydrogen-bond donors (Lipinski definition) is 0. The van der Waals surface area contributed by atoms with Crippen LogP contribution in [0, 0.1) is 0 Å². The van der Waals surface area contributed by atoms with Crippen molar-refractivity contribution >= 4 is 0 Å². The Hall–Kier alpha value is -2.36. The second kappa shape index (κ2) is 4.63. The van der Waals surface area contributed by atoms with Crippen molar-refractivity contribution in [1.82, 2.24) is 0 Å². The molecule has 4 nitrogen and oxygen atoms in total. The van der Waals surface area contributed by atoms with Gasteiger partial charge in [0, 0.05) is 6.42 Å². The van der Waals surface area contributed by atoms with E-state index in [0.29, 0.717) is 13.4 Å². The lowest BCUT2D eigenvalue weighted by molar-refractivity contribution is 0.0912. The fraction of sp³-hybridized carbons (Fsp3) is 0.250. The maximum Gasteiger partial charge on any atom is 0.231 e. The van der Waals surface area contributed by atoms with Crippen LogP contribution in [0.5, 0.6) is 23.0 Å². The van der Waals surface area contributed by atoms with Crippen LogP contribution in [0.4, 0.5) is 0 Å². The number of rotatable bonds is 2. The zero-order chi connectivity index (χ0) is 13.4. The summed E-state index contributed by atoms with van der Waals surface area (Å²) in [4.78, 5) is 0. The van der Waals surface area contributed by atoms with Gasteiger partial charge in [0.25, 0.3) is 0 Å². The fourth-order valence-electron chi connectivity index (χ4n) is 2.49. The minimum atomic E-state index is 0.0188. The summed E-state index contributed by atoms with van der Waals surface area (Å²) >= 11 is 0. The molecule has 2 aliphatic rings. The summed E-state index contributed by atoms with van der Waals surface area (Å²) in [6.07, 6.45) is 0.801. The topological polar surface area (TPSA) is 36.9 Å². The maximum absolute atomic E-state index is 5.96. The highest BCUT2D eigenvalue weighted by atomic mass is 16.7. The largest absolute Gasteiger partial charge is 0.486 e. The van der Waals surface area contributed by atoms with Crippen molar-refractivity contribution in [1.29, 1.82) is 0 Å². The molecule has 2 aliphatic heterocycles. The highest BCUT2D eigenvalue weighted by molar-refractivity contribution is 5.45. The second-order valence-electron chi connectivity index (χ2n) is 4.89. The molecule has 0 bridgehead atoms. The lowest BCUT2D eigenvalue weighted by Gasteiger charge is -2.26. The van der Waals surface area contributed by atoms with Gasteiger partial charge in [0.05, 0.1) is 0 Å². The third-order valence-electron chi connectivity index (χ3n) is 3.47. The summed E-state index contributed by atoms with van der Waals surface area (Å²) in [7, 11) is 0. The molecule has 0 saturated heterocycles. The van der Waals surface area contributed by atoms with E-state index in [1.165, 1.54) is 0 Å². The summed E-state index contributed by atoms with van der Waals surface area (Å²) in [5.41, 5.74) is 1.15. The van der Waals surface area contributed by atoms with E-state index >= 15 is 0 Å². The Labute approximate surface area is 116 Å². The lowest BCUT2D eigenvalue weighted by atomic mass is 10.1. The van der Waals surface area contributed by atoms with Gasteiger partial charge in [-0.1, -0.05) is 18.2 Å². The Morgan fingerprint density at radius 1 is 0.850 bits per heavy atom. The van der Waals surface area contributed by atoms with Crippen molar-refractivity contribution in [2.45, 2.75) is 12.5 Å². The molecular formula is C16H14O4. The zero-order valence-corrected chi connectivity index (χ0v) is 10.9. The molecule has 1 atom stereocenters. The van der Waals surface area contributed by atoms with Crippen LogP contribution in [-0.4, -0.2) is 19.5 Å². The van der Waals surface area contributed by atoms with Gasteiger partial charge in [-0.05, 0) is 29.8 Å². The molecule has 0 unspecified atom stereocenters. The van der Waals surface area contributed by atoms with E-state index in [2.05, 4.69) is 0 Å². The first-order valence-corrected chi connectivity index (χ1v) is 6.65. The van der Waals surface area contributed by atoms with E-state index in [0.717, 1.165) is 35.0 Å². The number of benzene rings is 2. The average Bonchev–Trinajstić information content (AvgIpc) is 2.95. The first-order chi connectivity index (χ1) is 9.88. The normalized spacial score (nSPS) is 18.9. The molecule has 0 N–H and O–H groups in total. The Balaban J connectivity index is 1.50. The Morgan fingerprint density at radius 2 is 1.65 bits per heavy atom. The summed E-state index contributed by atoms with van der Waals surface area (Å²) in [5.74, 6) is 3.23. The van der Waals surface area contributed by atoms with Gasteiger partial charge in [0.2, 0.25) is 6.79 Å². The van der Waals surface area contributed by atoms with Gasteiger partial charge in [0.15, 0.2) is 23.0 Å². The van der Waals surface area contributed by atoms with Crippen LogP contribution in [0.1, 0.15) is 5.56 Å². The SMILES string of the molecule is c1ccc2c(c1)OC[C@H](Cc1ccc3c(c1)OCO3)O2. The Bertz CT molecular complexity index is 638. The van der Waals surface area contributed by atoms with Gasteiger partial charge in [-0.15, -0.1) is 0 Å². The Morgan fingerprint density at radius 3 is 2.60 bits per heavy atom. The van der Waals surface area contributed by atoms with Gasteiger partial charge < -0.3 is 18.9 Å². The summed E-state index contributed by atoms with van der Waals surface area (Å²) < 4.78 is 22.4. The van der Waals surface area contributed by atoms with Crippen LogP contribution in [-0.2, 0) is 6.42 Å². The van der Waals surface area contributed by atoms with Crippen molar-refractivity contribution < 1.29 is 18.9 Å².